The molecule has 3 N–H and O–H groups in total. The number of carbonyl (C=O) groups excluding carboxylic acids is 2. The van der Waals surface area contributed by atoms with Crippen LogP contribution in [0.25, 0.3) is 0 Å². The quantitative estimate of drug-likeness (QED) is 0.521. The number of nitro groups is 1. The number of nitrogens with one attached hydrogen (secondary N) is 1. The van der Waals surface area contributed by atoms with E-state index in [-0.39, 0.29) is 18.7 Å². The molecule has 8 heteroatoms. The third kappa shape index (κ3) is 5.57. The highest BCUT2D eigenvalue weighted by molar-refractivity contribution is 5.87. The van der Waals surface area contributed by atoms with Gasteiger partial charge in [-0.1, -0.05) is 12.1 Å². The molecular weight excluding hydrogens is 278 g/mol. The highest BCUT2D eigenvalue weighted by atomic mass is 16.6. The van der Waals surface area contributed by atoms with Crippen LogP contribution in [0.15, 0.2) is 24.3 Å². The number of nitrogens with two attached hydrogens (primary N) is 1. The minimum absolute atomic E-state index is 0.0465. The number of nitrogens with zero attached hydrogens (tertiary/aromatic N) is 1. The third-order valence-electron chi connectivity index (χ3n) is 2.70. The molecule has 21 heavy (non-hydrogen) atoms. The minimum Gasteiger partial charge on any atom is -0.372 e. The van der Waals surface area contributed by atoms with Gasteiger partial charge in [0.1, 0.15) is 12.6 Å². The number of carbonyl (C=O) groups is 2. The van der Waals surface area contributed by atoms with Crippen molar-refractivity contribution in [1.82, 2.24) is 5.32 Å². The first-order chi connectivity index (χ1) is 9.93. The molecule has 0 aliphatic carbocycles. The molecule has 0 saturated heterocycles. The van der Waals surface area contributed by atoms with E-state index in [9.17, 15) is 19.7 Å². The topological polar surface area (TPSA) is 125 Å². The zero-order chi connectivity index (χ0) is 15.8. The lowest BCUT2D eigenvalue weighted by atomic mass is 10.1. The van der Waals surface area contributed by atoms with Gasteiger partial charge in [-0.3, -0.25) is 19.7 Å². The standard InChI is InChI=1S/C13H17N3O5/c1-2-21-8-12(17)15-11(13(14)18)7-9-3-5-10(6-4-9)16(19)20/h3-6,11H,2,7-8H2,1H3,(H2,14,18)(H,15,17)/t11-/m0/s1. The summed E-state index contributed by atoms with van der Waals surface area (Å²) in [5, 5.41) is 13.0. The maximum Gasteiger partial charge on any atom is 0.269 e. The van der Waals surface area contributed by atoms with Crippen LogP contribution in [0.3, 0.4) is 0 Å². The van der Waals surface area contributed by atoms with Crippen molar-refractivity contribution in [3.8, 4) is 0 Å². The summed E-state index contributed by atoms with van der Waals surface area (Å²) >= 11 is 0. The average Bonchev–Trinajstić information content (AvgIpc) is 2.44. The Hall–Kier alpha value is -2.48. The van der Waals surface area contributed by atoms with Crippen molar-refractivity contribution in [1.29, 1.82) is 0 Å². The first-order valence-corrected chi connectivity index (χ1v) is 6.33. The maximum absolute atomic E-state index is 11.5. The third-order valence-corrected chi connectivity index (χ3v) is 2.70. The monoisotopic (exact) mass is 295 g/mol. The largest absolute Gasteiger partial charge is 0.372 e. The van der Waals surface area contributed by atoms with Crippen LogP contribution in [0.5, 0.6) is 0 Å². The first-order valence-electron chi connectivity index (χ1n) is 6.33. The predicted octanol–water partition coefficient (Wildman–Crippen LogP) is 0.144. The summed E-state index contributed by atoms with van der Waals surface area (Å²) in [5.41, 5.74) is 5.84. The first kappa shape index (κ1) is 16.6. The summed E-state index contributed by atoms with van der Waals surface area (Å²) in [6.07, 6.45) is 0.158. The van der Waals surface area contributed by atoms with Gasteiger partial charge in [-0.2, -0.15) is 0 Å². The fraction of sp³-hybridized carbons (Fsp3) is 0.385. The maximum atomic E-state index is 11.5. The van der Waals surface area contributed by atoms with E-state index in [2.05, 4.69) is 5.32 Å². The van der Waals surface area contributed by atoms with Crippen LogP contribution in [0.4, 0.5) is 5.69 Å². The molecule has 0 unspecified atom stereocenters. The van der Waals surface area contributed by atoms with Gasteiger partial charge in [-0.15, -0.1) is 0 Å². The molecule has 1 rings (SSSR count). The van der Waals surface area contributed by atoms with E-state index >= 15 is 0 Å². The van der Waals surface area contributed by atoms with E-state index in [0.717, 1.165) is 0 Å². The SMILES string of the molecule is CCOCC(=O)N[C@@H](Cc1ccc([N+](=O)[O-])cc1)C(N)=O. The molecule has 1 aromatic carbocycles. The van der Waals surface area contributed by atoms with Crippen LogP contribution in [0, 0.1) is 10.1 Å². The molecule has 2 amide bonds. The predicted molar refractivity (Wildman–Crippen MR) is 74.4 cm³/mol. The van der Waals surface area contributed by atoms with Crippen LogP contribution < -0.4 is 11.1 Å². The van der Waals surface area contributed by atoms with Crippen LogP contribution >= 0.6 is 0 Å². The van der Waals surface area contributed by atoms with E-state index in [1.54, 1.807) is 6.92 Å². The molecule has 8 nitrogen and oxygen atoms in total. The van der Waals surface area contributed by atoms with Gasteiger partial charge < -0.3 is 15.8 Å². The van der Waals surface area contributed by atoms with Gasteiger partial charge in [-0.25, -0.2) is 0 Å². The number of benzene rings is 1. The summed E-state index contributed by atoms with van der Waals surface area (Å²) in [7, 11) is 0. The van der Waals surface area contributed by atoms with Gasteiger partial charge in [0.15, 0.2) is 0 Å². The second-order valence-electron chi connectivity index (χ2n) is 4.29. The number of nitro benzene ring substituents is 1. The van der Waals surface area contributed by atoms with E-state index in [1.165, 1.54) is 24.3 Å². The van der Waals surface area contributed by atoms with Crippen molar-refractivity contribution in [2.24, 2.45) is 5.73 Å². The molecule has 1 aromatic rings. The van der Waals surface area contributed by atoms with Crippen molar-refractivity contribution in [2.45, 2.75) is 19.4 Å². The van der Waals surface area contributed by atoms with Crippen molar-refractivity contribution >= 4 is 17.5 Å². The van der Waals surface area contributed by atoms with Crippen LogP contribution in [0.1, 0.15) is 12.5 Å². The van der Waals surface area contributed by atoms with Gasteiger partial charge in [-0.05, 0) is 12.5 Å². The molecule has 0 fully saturated rings. The zero-order valence-electron chi connectivity index (χ0n) is 11.6. The van der Waals surface area contributed by atoms with E-state index < -0.39 is 22.8 Å². The van der Waals surface area contributed by atoms with Crippen molar-refractivity contribution < 1.29 is 19.2 Å². The Labute approximate surface area is 121 Å². The lowest BCUT2D eigenvalue weighted by molar-refractivity contribution is -0.384. The summed E-state index contributed by atoms with van der Waals surface area (Å²) in [5.74, 6) is -1.12. The molecule has 0 aromatic heterocycles. The van der Waals surface area contributed by atoms with Crippen molar-refractivity contribution in [2.75, 3.05) is 13.2 Å². The summed E-state index contributed by atoms with van der Waals surface area (Å²) in [6, 6.07) is 4.80. The van der Waals surface area contributed by atoms with E-state index in [4.69, 9.17) is 10.5 Å². The van der Waals surface area contributed by atoms with Gasteiger partial charge >= 0.3 is 0 Å². The Morgan fingerprint density at radius 3 is 2.48 bits per heavy atom. The molecule has 114 valence electrons. The number of amides is 2. The van der Waals surface area contributed by atoms with Gasteiger partial charge in [0, 0.05) is 25.2 Å². The number of non-ortho nitro benzene ring substituents is 1. The van der Waals surface area contributed by atoms with Crippen molar-refractivity contribution in [3.63, 3.8) is 0 Å². The summed E-state index contributed by atoms with van der Waals surface area (Å²) < 4.78 is 4.93. The zero-order valence-corrected chi connectivity index (χ0v) is 11.6. The van der Waals surface area contributed by atoms with Crippen LogP contribution in [-0.2, 0) is 20.7 Å². The van der Waals surface area contributed by atoms with Crippen LogP contribution in [-0.4, -0.2) is 36.0 Å². The Morgan fingerprint density at radius 2 is 2.00 bits per heavy atom. The number of hydrogen-bond acceptors (Lipinski definition) is 5. The molecule has 1 atom stereocenters. The highest BCUT2D eigenvalue weighted by Gasteiger charge is 2.19. The van der Waals surface area contributed by atoms with Gasteiger partial charge in [0.05, 0.1) is 4.92 Å². The lowest BCUT2D eigenvalue weighted by Crippen LogP contribution is -2.47. The number of rotatable bonds is 8. The van der Waals surface area contributed by atoms with Gasteiger partial charge in [0.25, 0.3) is 5.69 Å². The Bertz CT molecular complexity index is 515. The van der Waals surface area contributed by atoms with E-state index in [0.29, 0.717) is 12.2 Å². The molecule has 0 aliphatic heterocycles. The molecule has 0 saturated carbocycles. The van der Waals surface area contributed by atoms with Crippen molar-refractivity contribution in [3.05, 3.63) is 39.9 Å². The summed E-state index contributed by atoms with van der Waals surface area (Å²) in [6.45, 7) is 1.98. The summed E-state index contributed by atoms with van der Waals surface area (Å²) in [4.78, 5) is 32.9. The highest BCUT2D eigenvalue weighted by Crippen LogP contribution is 2.13. The smallest absolute Gasteiger partial charge is 0.269 e. The lowest BCUT2D eigenvalue weighted by Gasteiger charge is -2.15. The molecule has 0 radical (unpaired) electrons. The molecule has 0 heterocycles. The van der Waals surface area contributed by atoms with Crippen LogP contribution in [0.2, 0.25) is 0 Å². The molecule has 0 bridgehead atoms. The second kappa shape index (κ2) is 7.95. The fourth-order valence-corrected chi connectivity index (χ4v) is 1.64. The fourth-order valence-electron chi connectivity index (χ4n) is 1.64. The Kier molecular flexibility index (Phi) is 6.28. The van der Waals surface area contributed by atoms with Gasteiger partial charge in [0.2, 0.25) is 11.8 Å². The Morgan fingerprint density at radius 1 is 1.38 bits per heavy atom. The number of primary amides is 1. The molecule has 0 aliphatic rings. The Balaban J connectivity index is 2.67. The number of ether oxygens (including phenoxy) is 1. The molecular formula is C13H17N3O5. The second-order valence-corrected chi connectivity index (χ2v) is 4.29. The normalized spacial score (nSPS) is 11.7. The minimum atomic E-state index is -0.889. The molecule has 0 spiro atoms. The van der Waals surface area contributed by atoms with E-state index in [1.807, 2.05) is 0 Å². The number of hydrogen-bond donors (Lipinski definition) is 2. The average molecular weight is 295 g/mol.